The largest absolute Gasteiger partial charge is 0.482 e. The number of hydrogen-bond acceptors (Lipinski definition) is 5. The molecule has 2 heterocycles. The number of aromatic nitrogens is 2. The first-order valence-electron chi connectivity index (χ1n) is 8.43. The zero-order valence-electron chi connectivity index (χ0n) is 14.2. The lowest BCUT2D eigenvalue weighted by atomic mass is 10.2. The number of rotatable bonds is 4. The first-order valence-corrected chi connectivity index (χ1v) is 8.43. The van der Waals surface area contributed by atoms with Gasteiger partial charge >= 0.3 is 0 Å². The maximum atomic E-state index is 12.2. The minimum absolute atomic E-state index is 0.0502. The van der Waals surface area contributed by atoms with E-state index in [0.717, 1.165) is 0 Å². The van der Waals surface area contributed by atoms with Crippen LogP contribution in [0.25, 0.3) is 10.9 Å². The van der Waals surface area contributed by atoms with Crippen LogP contribution < -0.4 is 20.9 Å². The number of fused-ring (bicyclic) bond motifs is 2. The molecule has 4 rings (SSSR count). The van der Waals surface area contributed by atoms with Crippen molar-refractivity contribution in [2.45, 2.75) is 12.8 Å². The van der Waals surface area contributed by atoms with E-state index in [1.165, 1.54) is 0 Å². The molecule has 8 nitrogen and oxygen atoms in total. The summed E-state index contributed by atoms with van der Waals surface area (Å²) in [7, 11) is 0. The molecule has 0 bridgehead atoms. The van der Waals surface area contributed by atoms with E-state index in [-0.39, 0.29) is 30.4 Å². The predicted molar refractivity (Wildman–Crippen MR) is 99.9 cm³/mol. The summed E-state index contributed by atoms with van der Waals surface area (Å²) < 4.78 is 5.33. The molecule has 0 aliphatic carbocycles. The van der Waals surface area contributed by atoms with Crippen LogP contribution >= 0.6 is 0 Å². The second kappa shape index (κ2) is 6.91. The molecule has 0 fully saturated rings. The highest BCUT2D eigenvalue weighted by Gasteiger charge is 2.16. The first-order chi connectivity index (χ1) is 13.1. The molecule has 0 atom stereocenters. The van der Waals surface area contributed by atoms with Crippen LogP contribution in [0.2, 0.25) is 0 Å². The lowest BCUT2D eigenvalue weighted by Gasteiger charge is -2.18. The van der Waals surface area contributed by atoms with E-state index >= 15 is 0 Å². The number of nitrogens with zero attached hydrogens (tertiary/aromatic N) is 1. The highest BCUT2D eigenvalue weighted by atomic mass is 16.5. The number of amides is 2. The number of para-hydroxylation sites is 1. The van der Waals surface area contributed by atoms with Crippen molar-refractivity contribution in [3.8, 4) is 5.75 Å². The van der Waals surface area contributed by atoms with E-state index in [9.17, 15) is 14.4 Å². The SMILES string of the molecule is O=C(CCc1nc2ccccc2c(=O)[nH]1)Nc1ccc2c(c1)OCC(=O)N2. The minimum Gasteiger partial charge on any atom is -0.482 e. The molecule has 136 valence electrons. The molecular weight excluding hydrogens is 348 g/mol. The number of hydrogen-bond donors (Lipinski definition) is 3. The maximum absolute atomic E-state index is 12.2. The standard InChI is InChI=1S/C19H16N4O4/c24-17(20-11-5-6-14-15(9-11)27-10-18(25)22-14)8-7-16-21-13-4-2-1-3-12(13)19(26)23-16/h1-6,9H,7-8,10H2,(H,20,24)(H,22,25)(H,21,23,26). The predicted octanol–water partition coefficient (Wildman–Crippen LogP) is 1.83. The number of nitrogens with one attached hydrogen (secondary N) is 3. The number of aryl methyl sites for hydroxylation is 1. The summed E-state index contributed by atoms with van der Waals surface area (Å²) in [5, 5.41) is 5.98. The van der Waals surface area contributed by atoms with Gasteiger partial charge in [-0.2, -0.15) is 0 Å². The topological polar surface area (TPSA) is 113 Å². The van der Waals surface area contributed by atoms with E-state index in [1.807, 2.05) is 6.07 Å². The molecule has 1 aliphatic rings. The molecule has 2 aromatic carbocycles. The Morgan fingerprint density at radius 2 is 2.04 bits per heavy atom. The molecule has 3 aromatic rings. The second-order valence-corrected chi connectivity index (χ2v) is 6.13. The van der Waals surface area contributed by atoms with Crippen molar-refractivity contribution >= 4 is 34.1 Å². The summed E-state index contributed by atoms with van der Waals surface area (Å²) in [4.78, 5) is 42.6. The molecule has 27 heavy (non-hydrogen) atoms. The zero-order chi connectivity index (χ0) is 18.8. The summed E-state index contributed by atoms with van der Waals surface area (Å²) in [5.74, 6) is 0.542. The fourth-order valence-corrected chi connectivity index (χ4v) is 2.86. The molecule has 3 N–H and O–H groups in total. The Labute approximate surface area is 153 Å². The third-order valence-corrected chi connectivity index (χ3v) is 4.15. The molecule has 2 amide bonds. The molecular formula is C19H16N4O4. The first kappa shape index (κ1) is 16.8. The van der Waals surface area contributed by atoms with Gasteiger partial charge in [0.1, 0.15) is 11.6 Å². The van der Waals surface area contributed by atoms with Crippen LogP contribution in [0.5, 0.6) is 5.75 Å². The molecule has 0 radical (unpaired) electrons. The van der Waals surface area contributed by atoms with Crippen molar-refractivity contribution in [3.05, 3.63) is 58.6 Å². The summed E-state index contributed by atoms with van der Waals surface area (Å²) in [6.07, 6.45) is 0.472. The highest BCUT2D eigenvalue weighted by molar-refractivity contribution is 5.97. The van der Waals surface area contributed by atoms with Crippen molar-refractivity contribution in [3.63, 3.8) is 0 Å². The summed E-state index contributed by atoms with van der Waals surface area (Å²) in [6.45, 7) is -0.0502. The van der Waals surface area contributed by atoms with Gasteiger partial charge in [0, 0.05) is 24.6 Å². The summed E-state index contributed by atoms with van der Waals surface area (Å²) in [5.41, 5.74) is 1.52. The third kappa shape index (κ3) is 3.64. The van der Waals surface area contributed by atoms with Crippen molar-refractivity contribution in [2.24, 2.45) is 0 Å². The molecule has 8 heteroatoms. The van der Waals surface area contributed by atoms with E-state index < -0.39 is 0 Å². The quantitative estimate of drug-likeness (QED) is 0.654. The third-order valence-electron chi connectivity index (χ3n) is 4.15. The Hall–Kier alpha value is -3.68. The smallest absolute Gasteiger partial charge is 0.262 e. The van der Waals surface area contributed by atoms with Crippen LogP contribution in [0.15, 0.2) is 47.3 Å². The van der Waals surface area contributed by atoms with Crippen molar-refractivity contribution in [2.75, 3.05) is 17.2 Å². The Morgan fingerprint density at radius 3 is 2.93 bits per heavy atom. The summed E-state index contributed by atoms with van der Waals surface area (Å²) >= 11 is 0. The van der Waals surface area contributed by atoms with Crippen LogP contribution in [0, 0.1) is 0 Å². The lowest BCUT2D eigenvalue weighted by Crippen LogP contribution is -2.25. The number of anilines is 2. The van der Waals surface area contributed by atoms with Gasteiger partial charge in [-0.3, -0.25) is 14.4 Å². The Bertz CT molecular complexity index is 1110. The summed E-state index contributed by atoms with van der Waals surface area (Å²) in [6, 6.07) is 12.1. The van der Waals surface area contributed by atoms with Gasteiger partial charge < -0.3 is 20.4 Å². The molecule has 1 aliphatic heterocycles. The van der Waals surface area contributed by atoms with Gasteiger partial charge in [-0.1, -0.05) is 12.1 Å². The van der Waals surface area contributed by atoms with Gasteiger partial charge in [-0.15, -0.1) is 0 Å². The molecule has 0 spiro atoms. The monoisotopic (exact) mass is 364 g/mol. The number of aromatic amines is 1. The minimum atomic E-state index is -0.218. The van der Waals surface area contributed by atoms with Gasteiger partial charge in [0.25, 0.3) is 11.5 Å². The second-order valence-electron chi connectivity index (χ2n) is 6.13. The Morgan fingerprint density at radius 1 is 1.19 bits per heavy atom. The van der Waals surface area contributed by atoms with Crippen LogP contribution in [0.4, 0.5) is 11.4 Å². The fourth-order valence-electron chi connectivity index (χ4n) is 2.86. The zero-order valence-corrected chi connectivity index (χ0v) is 14.2. The molecule has 0 saturated carbocycles. The fraction of sp³-hybridized carbons (Fsp3) is 0.158. The van der Waals surface area contributed by atoms with Gasteiger partial charge in [-0.05, 0) is 24.3 Å². The Kier molecular flexibility index (Phi) is 4.29. The number of benzene rings is 2. The van der Waals surface area contributed by atoms with Crippen LogP contribution in [-0.2, 0) is 16.0 Å². The van der Waals surface area contributed by atoms with Crippen LogP contribution in [0.1, 0.15) is 12.2 Å². The number of ether oxygens (including phenoxy) is 1. The average molecular weight is 364 g/mol. The van der Waals surface area contributed by atoms with E-state index in [2.05, 4.69) is 20.6 Å². The Balaban J connectivity index is 1.42. The van der Waals surface area contributed by atoms with Crippen LogP contribution in [-0.4, -0.2) is 28.4 Å². The van der Waals surface area contributed by atoms with Crippen molar-refractivity contribution in [1.29, 1.82) is 0 Å². The van der Waals surface area contributed by atoms with Gasteiger partial charge in [-0.25, -0.2) is 4.98 Å². The van der Waals surface area contributed by atoms with Gasteiger partial charge in [0.2, 0.25) is 5.91 Å². The van der Waals surface area contributed by atoms with Crippen LogP contribution in [0.3, 0.4) is 0 Å². The number of carbonyl (C=O) groups is 2. The molecule has 0 unspecified atom stereocenters. The normalized spacial score (nSPS) is 12.8. The van der Waals surface area contributed by atoms with Crippen molar-refractivity contribution in [1.82, 2.24) is 9.97 Å². The lowest BCUT2D eigenvalue weighted by molar-refractivity contribution is -0.118. The average Bonchev–Trinajstić information content (AvgIpc) is 2.66. The van der Waals surface area contributed by atoms with Crippen molar-refractivity contribution < 1.29 is 14.3 Å². The molecule has 1 aromatic heterocycles. The highest BCUT2D eigenvalue weighted by Crippen LogP contribution is 2.30. The van der Waals surface area contributed by atoms with E-state index in [4.69, 9.17) is 4.74 Å². The van der Waals surface area contributed by atoms with E-state index in [1.54, 1.807) is 36.4 Å². The van der Waals surface area contributed by atoms with E-state index in [0.29, 0.717) is 40.3 Å². The number of H-pyrrole nitrogens is 1. The number of carbonyl (C=O) groups excluding carboxylic acids is 2. The maximum Gasteiger partial charge on any atom is 0.262 e. The molecule has 0 saturated heterocycles. The van der Waals surface area contributed by atoms with Gasteiger partial charge in [0.05, 0.1) is 16.6 Å². The van der Waals surface area contributed by atoms with Gasteiger partial charge in [0.15, 0.2) is 6.61 Å².